The minimum atomic E-state index is 0.0309. The first-order valence-corrected chi connectivity index (χ1v) is 4.84. The molecule has 0 N–H and O–H groups in total. The van der Waals surface area contributed by atoms with Gasteiger partial charge in [0.05, 0.1) is 0 Å². The van der Waals surface area contributed by atoms with Crippen LogP contribution in [0.1, 0.15) is 6.42 Å². The summed E-state index contributed by atoms with van der Waals surface area (Å²) in [6.45, 7) is 0.583. The molecule has 0 saturated heterocycles. The van der Waals surface area contributed by atoms with Crippen molar-refractivity contribution in [1.82, 2.24) is 4.57 Å². The molecule has 1 aromatic carbocycles. The molecular formula is C13H11NO. The highest BCUT2D eigenvalue weighted by Gasteiger charge is 2.00. The summed E-state index contributed by atoms with van der Waals surface area (Å²) >= 11 is 0. The molecule has 0 spiro atoms. The summed E-state index contributed by atoms with van der Waals surface area (Å²) < 4.78 is 1.65. The van der Waals surface area contributed by atoms with Gasteiger partial charge in [-0.15, -0.1) is 12.3 Å². The third-order valence-electron chi connectivity index (χ3n) is 2.38. The van der Waals surface area contributed by atoms with Crippen molar-refractivity contribution in [1.29, 1.82) is 0 Å². The van der Waals surface area contributed by atoms with Gasteiger partial charge in [-0.1, -0.05) is 18.2 Å². The molecule has 0 unspecified atom stereocenters. The number of pyridine rings is 1. The van der Waals surface area contributed by atoms with Crippen LogP contribution in [0, 0.1) is 12.3 Å². The standard InChI is InChI=1S/C13H11NO/c1-2-3-9-14-10-8-11-6-4-5-7-12(11)13(14)15/h1,4-8,10H,3,9H2. The minimum Gasteiger partial charge on any atom is -0.314 e. The van der Waals surface area contributed by atoms with E-state index in [1.807, 2.05) is 30.3 Å². The molecule has 0 saturated carbocycles. The van der Waals surface area contributed by atoms with Gasteiger partial charge in [-0.25, -0.2) is 0 Å². The first-order chi connectivity index (χ1) is 7.33. The molecule has 0 aliphatic heterocycles. The highest BCUT2D eigenvalue weighted by atomic mass is 16.1. The predicted octanol–water partition coefficient (Wildman–Crippen LogP) is 2.02. The molecule has 0 radical (unpaired) electrons. The van der Waals surface area contributed by atoms with Gasteiger partial charge in [-0.05, 0) is 17.5 Å². The normalized spacial score (nSPS) is 10.1. The Bertz CT molecular complexity index is 575. The number of benzene rings is 1. The number of aromatic nitrogens is 1. The summed E-state index contributed by atoms with van der Waals surface area (Å²) in [5.74, 6) is 2.53. The van der Waals surface area contributed by atoms with Gasteiger partial charge in [0, 0.05) is 24.5 Å². The average molecular weight is 197 g/mol. The lowest BCUT2D eigenvalue weighted by atomic mass is 10.2. The van der Waals surface area contributed by atoms with Crippen molar-refractivity contribution in [2.24, 2.45) is 0 Å². The van der Waals surface area contributed by atoms with E-state index in [9.17, 15) is 4.79 Å². The molecule has 2 heteroatoms. The molecule has 0 amide bonds. The monoisotopic (exact) mass is 197 g/mol. The topological polar surface area (TPSA) is 22.0 Å². The van der Waals surface area contributed by atoms with Crippen molar-refractivity contribution in [2.45, 2.75) is 13.0 Å². The second-order valence-corrected chi connectivity index (χ2v) is 3.36. The third-order valence-corrected chi connectivity index (χ3v) is 2.38. The zero-order valence-corrected chi connectivity index (χ0v) is 8.31. The third kappa shape index (κ3) is 1.77. The van der Waals surface area contributed by atoms with Gasteiger partial charge in [0.25, 0.3) is 5.56 Å². The minimum absolute atomic E-state index is 0.0309. The number of aryl methyl sites for hydroxylation is 1. The average Bonchev–Trinajstić information content (AvgIpc) is 2.29. The van der Waals surface area contributed by atoms with E-state index in [1.54, 1.807) is 10.8 Å². The summed E-state index contributed by atoms with van der Waals surface area (Å²) in [5.41, 5.74) is 0.0309. The second-order valence-electron chi connectivity index (χ2n) is 3.36. The Morgan fingerprint density at radius 3 is 2.87 bits per heavy atom. The Balaban J connectivity index is 2.57. The smallest absolute Gasteiger partial charge is 0.258 e. The van der Waals surface area contributed by atoms with Gasteiger partial charge in [0.15, 0.2) is 0 Å². The quantitative estimate of drug-likeness (QED) is 0.675. The zero-order chi connectivity index (χ0) is 10.7. The van der Waals surface area contributed by atoms with Gasteiger partial charge >= 0.3 is 0 Å². The van der Waals surface area contributed by atoms with Crippen molar-refractivity contribution in [3.63, 3.8) is 0 Å². The molecule has 0 bridgehead atoms. The second kappa shape index (κ2) is 4.02. The van der Waals surface area contributed by atoms with Crippen LogP contribution in [0.15, 0.2) is 41.3 Å². The lowest BCUT2D eigenvalue weighted by Crippen LogP contribution is -2.19. The largest absolute Gasteiger partial charge is 0.314 e. The van der Waals surface area contributed by atoms with E-state index in [0.717, 1.165) is 10.8 Å². The Kier molecular flexibility index (Phi) is 2.55. The van der Waals surface area contributed by atoms with E-state index in [1.165, 1.54) is 0 Å². The highest BCUT2D eigenvalue weighted by molar-refractivity contribution is 5.81. The van der Waals surface area contributed by atoms with Crippen LogP contribution in [0.4, 0.5) is 0 Å². The maximum atomic E-state index is 11.9. The van der Waals surface area contributed by atoms with E-state index in [0.29, 0.717) is 13.0 Å². The molecule has 2 aromatic rings. The Morgan fingerprint density at radius 2 is 2.07 bits per heavy atom. The van der Waals surface area contributed by atoms with Crippen molar-refractivity contribution >= 4 is 10.8 Å². The SMILES string of the molecule is C#CCCn1ccc2ccccc2c1=O. The van der Waals surface area contributed by atoms with Crippen LogP contribution in [-0.4, -0.2) is 4.57 Å². The van der Waals surface area contributed by atoms with Gasteiger partial charge in [0.1, 0.15) is 0 Å². The van der Waals surface area contributed by atoms with Crippen LogP contribution in [0.5, 0.6) is 0 Å². The summed E-state index contributed by atoms with van der Waals surface area (Å²) in [5, 5.41) is 1.72. The Labute approximate surface area is 88.2 Å². The number of fused-ring (bicyclic) bond motifs is 1. The van der Waals surface area contributed by atoms with Gasteiger partial charge < -0.3 is 4.57 Å². The van der Waals surface area contributed by atoms with Crippen molar-refractivity contribution in [3.05, 3.63) is 46.9 Å². The fourth-order valence-corrected chi connectivity index (χ4v) is 1.59. The number of hydrogen-bond donors (Lipinski definition) is 0. The van der Waals surface area contributed by atoms with Crippen LogP contribution in [0.2, 0.25) is 0 Å². The number of terminal acetylenes is 1. The molecule has 0 aliphatic carbocycles. The van der Waals surface area contributed by atoms with Crippen LogP contribution in [0.25, 0.3) is 10.8 Å². The molecule has 1 aromatic heterocycles. The lowest BCUT2D eigenvalue weighted by Gasteiger charge is -2.04. The molecular weight excluding hydrogens is 186 g/mol. The van der Waals surface area contributed by atoms with Gasteiger partial charge in [-0.2, -0.15) is 0 Å². The van der Waals surface area contributed by atoms with Crippen LogP contribution < -0.4 is 5.56 Å². The van der Waals surface area contributed by atoms with Crippen molar-refractivity contribution in [3.8, 4) is 12.3 Å². The van der Waals surface area contributed by atoms with Gasteiger partial charge in [-0.3, -0.25) is 4.79 Å². The van der Waals surface area contributed by atoms with E-state index < -0.39 is 0 Å². The zero-order valence-electron chi connectivity index (χ0n) is 8.31. The summed E-state index contributed by atoms with van der Waals surface area (Å²) in [6.07, 6.45) is 7.55. The number of rotatable bonds is 2. The molecule has 2 nitrogen and oxygen atoms in total. The molecule has 0 atom stereocenters. The maximum Gasteiger partial charge on any atom is 0.258 e. The maximum absolute atomic E-state index is 11.9. The van der Waals surface area contributed by atoms with Crippen LogP contribution in [-0.2, 0) is 6.54 Å². The molecule has 0 fully saturated rings. The summed E-state index contributed by atoms with van der Waals surface area (Å²) in [4.78, 5) is 11.9. The fraction of sp³-hybridized carbons (Fsp3) is 0.154. The van der Waals surface area contributed by atoms with Crippen LogP contribution >= 0.6 is 0 Å². The number of nitrogens with zero attached hydrogens (tertiary/aromatic N) is 1. The first kappa shape index (κ1) is 9.54. The van der Waals surface area contributed by atoms with E-state index in [-0.39, 0.29) is 5.56 Å². The Hall–Kier alpha value is -2.01. The first-order valence-electron chi connectivity index (χ1n) is 4.84. The molecule has 0 aliphatic rings. The van der Waals surface area contributed by atoms with Crippen LogP contribution in [0.3, 0.4) is 0 Å². The van der Waals surface area contributed by atoms with Crippen molar-refractivity contribution < 1.29 is 0 Å². The van der Waals surface area contributed by atoms with E-state index >= 15 is 0 Å². The lowest BCUT2D eigenvalue weighted by molar-refractivity contribution is 0.696. The number of hydrogen-bond acceptors (Lipinski definition) is 1. The van der Waals surface area contributed by atoms with E-state index in [2.05, 4.69) is 5.92 Å². The van der Waals surface area contributed by atoms with Gasteiger partial charge in [0.2, 0.25) is 0 Å². The van der Waals surface area contributed by atoms with Crippen molar-refractivity contribution in [2.75, 3.05) is 0 Å². The highest BCUT2D eigenvalue weighted by Crippen LogP contribution is 2.07. The molecule has 15 heavy (non-hydrogen) atoms. The fourth-order valence-electron chi connectivity index (χ4n) is 1.59. The van der Waals surface area contributed by atoms with E-state index in [4.69, 9.17) is 6.42 Å². The molecule has 74 valence electrons. The summed E-state index contributed by atoms with van der Waals surface area (Å²) in [7, 11) is 0. The predicted molar refractivity (Wildman–Crippen MR) is 61.7 cm³/mol. The summed E-state index contributed by atoms with van der Waals surface area (Å²) in [6, 6.07) is 9.50. The Morgan fingerprint density at radius 1 is 1.27 bits per heavy atom. The molecule has 1 heterocycles. The molecule has 2 rings (SSSR count).